The summed E-state index contributed by atoms with van der Waals surface area (Å²) in [6, 6.07) is 0.0877. The number of carbonyl (C=O) groups is 1. The van der Waals surface area contributed by atoms with Crippen molar-refractivity contribution in [2.24, 2.45) is 4.99 Å². The lowest BCUT2D eigenvalue weighted by Crippen LogP contribution is -2.44. The largest absolute Gasteiger partial charge is 0.393 e. The van der Waals surface area contributed by atoms with Crippen LogP contribution in [-0.4, -0.2) is 41.1 Å². The van der Waals surface area contributed by atoms with Gasteiger partial charge in [0.25, 0.3) is 0 Å². The van der Waals surface area contributed by atoms with Gasteiger partial charge in [0.1, 0.15) is 6.67 Å². The summed E-state index contributed by atoms with van der Waals surface area (Å²) in [7, 11) is 0. The third-order valence-electron chi connectivity index (χ3n) is 2.98. The Balaban J connectivity index is 1.78. The number of hydrogen-bond acceptors (Lipinski definition) is 3. The van der Waals surface area contributed by atoms with Crippen LogP contribution >= 0.6 is 0 Å². The monoisotopic (exact) mass is 223 g/mol. The van der Waals surface area contributed by atoms with Crippen LogP contribution in [-0.2, 0) is 0 Å². The number of aliphatic hydroxyl groups excluding tert-OH is 1. The molecule has 2 aliphatic rings. The lowest BCUT2D eigenvalue weighted by Gasteiger charge is -2.28. The quantitative estimate of drug-likeness (QED) is 0.692. The number of urea groups is 1. The zero-order valence-corrected chi connectivity index (χ0v) is 9.17. The summed E-state index contributed by atoms with van der Waals surface area (Å²) >= 11 is 0. The van der Waals surface area contributed by atoms with Crippen LogP contribution in [0.3, 0.4) is 0 Å². The van der Waals surface area contributed by atoms with Gasteiger partial charge in [-0.3, -0.25) is 9.89 Å². The molecule has 0 spiro atoms. The highest BCUT2D eigenvalue weighted by Gasteiger charge is 2.22. The molecule has 0 bridgehead atoms. The first kappa shape index (κ1) is 11.1. The Hall–Kier alpha value is -1.36. The van der Waals surface area contributed by atoms with Gasteiger partial charge < -0.3 is 10.4 Å². The van der Waals surface area contributed by atoms with Crippen molar-refractivity contribution in [3.05, 3.63) is 12.3 Å². The van der Waals surface area contributed by atoms with Gasteiger partial charge in [-0.2, -0.15) is 0 Å². The van der Waals surface area contributed by atoms with E-state index in [0.717, 1.165) is 25.7 Å². The number of hydrogen-bond donors (Lipinski definition) is 2. The second-order valence-corrected chi connectivity index (χ2v) is 4.24. The van der Waals surface area contributed by atoms with Crippen molar-refractivity contribution in [1.29, 1.82) is 0 Å². The normalized spacial score (nSPS) is 29.2. The zero-order chi connectivity index (χ0) is 11.4. The molecule has 1 aliphatic carbocycles. The average molecular weight is 223 g/mol. The van der Waals surface area contributed by atoms with Gasteiger partial charge in [0.15, 0.2) is 0 Å². The minimum Gasteiger partial charge on any atom is -0.393 e. The first-order valence-corrected chi connectivity index (χ1v) is 5.67. The van der Waals surface area contributed by atoms with Crippen molar-refractivity contribution >= 4 is 12.2 Å². The maximum Gasteiger partial charge on any atom is 0.323 e. The first-order valence-electron chi connectivity index (χ1n) is 5.67. The Morgan fingerprint density at radius 1 is 1.38 bits per heavy atom. The Kier molecular flexibility index (Phi) is 3.56. The Labute approximate surface area is 94.8 Å². The lowest BCUT2D eigenvalue weighted by molar-refractivity contribution is 0.116. The second kappa shape index (κ2) is 5.12. The molecule has 2 amide bonds. The van der Waals surface area contributed by atoms with E-state index in [1.807, 2.05) is 0 Å². The van der Waals surface area contributed by atoms with Gasteiger partial charge in [-0.15, -0.1) is 0 Å². The van der Waals surface area contributed by atoms with E-state index in [1.54, 1.807) is 23.4 Å². The van der Waals surface area contributed by atoms with Crippen LogP contribution in [0, 0.1) is 0 Å². The average Bonchev–Trinajstić information content (AvgIpc) is 2.33. The molecule has 0 unspecified atom stereocenters. The van der Waals surface area contributed by atoms with Crippen LogP contribution in [0.25, 0.3) is 0 Å². The van der Waals surface area contributed by atoms with Crippen LogP contribution < -0.4 is 5.32 Å². The molecule has 1 fully saturated rings. The number of aliphatic hydroxyl groups is 1. The van der Waals surface area contributed by atoms with Crippen molar-refractivity contribution < 1.29 is 9.90 Å². The predicted octanol–water partition coefficient (Wildman–Crippen LogP) is 0.857. The van der Waals surface area contributed by atoms with Crippen LogP contribution in [0.4, 0.5) is 4.79 Å². The number of nitrogens with one attached hydrogen (secondary N) is 1. The van der Waals surface area contributed by atoms with E-state index in [4.69, 9.17) is 0 Å². The minimum atomic E-state index is -0.187. The third kappa shape index (κ3) is 2.82. The number of amides is 2. The van der Waals surface area contributed by atoms with E-state index in [1.165, 1.54) is 0 Å². The lowest BCUT2D eigenvalue weighted by atomic mass is 9.93. The van der Waals surface area contributed by atoms with Crippen molar-refractivity contribution in [3.8, 4) is 0 Å². The van der Waals surface area contributed by atoms with Crippen molar-refractivity contribution in [2.75, 3.05) is 6.67 Å². The molecule has 0 radical (unpaired) electrons. The smallest absolute Gasteiger partial charge is 0.323 e. The molecule has 2 N–H and O–H groups in total. The number of allylic oxidation sites excluding steroid dienone is 1. The van der Waals surface area contributed by atoms with Gasteiger partial charge >= 0.3 is 6.03 Å². The molecule has 16 heavy (non-hydrogen) atoms. The molecule has 0 aromatic carbocycles. The maximum atomic E-state index is 11.8. The summed E-state index contributed by atoms with van der Waals surface area (Å²) in [4.78, 5) is 17.3. The standard InChI is InChI=1S/C11H17N3O2/c15-10-4-2-9(3-5-10)13-11(16)14-7-1-6-12-8-14/h1,6-7,9-10,15H,2-5,8H2,(H,13,16). The number of aliphatic imine (C=N–C) groups is 1. The fourth-order valence-electron chi connectivity index (χ4n) is 2.00. The third-order valence-corrected chi connectivity index (χ3v) is 2.98. The highest BCUT2D eigenvalue weighted by molar-refractivity contribution is 5.79. The summed E-state index contributed by atoms with van der Waals surface area (Å²) in [5, 5.41) is 12.3. The van der Waals surface area contributed by atoms with Crippen LogP contribution in [0.5, 0.6) is 0 Å². The topological polar surface area (TPSA) is 64.9 Å². The summed E-state index contributed by atoms with van der Waals surface area (Å²) in [6.07, 6.45) is 8.22. The van der Waals surface area contributed by atoms with Gasteiger partial charge in [0, 0.05) is 18.5 Å². The molecule has 5 heteroatoms. The number of rotatable bonds is 1. The van der Waals surface area contributed by atoms with E-state index in [9.17, 15) is 9.90 Å². The highest BCUT2D eigenvalue weighted by atomic mass is 16.3. The SMILES string of the molecule is O=C(NC1CCC(O)CC1)N1C=CC=NC1. The molecule has 1 heterocycles. The molecule has 1 aliphatic heterocycles. The Bertz CT molecular complexity index is 306. The second-order valence-electron chi connectivity index (χ2n) is 4.24. The minimum absolute atomic E-state index is 0.102. The molecular weight excluding hydrogens is 206 g/mol. The summed E-state index contributed by atoms with van der Waals surface area (Å²) in [5.41, 5.74) is 0. The molecular formula is C11H17N3O2. The fourth-order valence-corrected chi connectivity index (χ4v) is 2.00. The molecule has 0 atom stereocenters. The van der Waals surface area contributed by atoms with E-state index >= 15 is 0 Å². The van der Waals surface area contributed by atoms with Gasteiger partial charge in [0.2, 0.25) is 0 Å². The van der Waals surface area contributed by atoms with Gasteiger partial charge in [0.05, 0.1) is 6.10 Å². The van der Waals surface area contributed by atoms with E-state index in [2.05, 4.69) is 10.3 Å². The van der Waals surface area contributed by atoms with Crippen molar-refractivity contribution in [2.45, 2.75) is 37.8 Å². The van der Waals surface area contributed by atoms with Gasteiger partial charge in [-0.1, -0.05) is 0 Å². The van der Waals surface area contributed by atoms with Crippen molar-refractivity contribution in [1.82, 2.24) is 10.2 Å². The van der Waals surface area contributed by atoms with Crippen molar-refractivity contribution in [3.63, 3.8) is 0 Å². The van der Waals surface area contributed by atoms with E-state index in [-0.39, 0.29) is 18.2 Å². The van der Waals surface area contributed by atoms with Crippen LogP contribution in [0.15, 0.2) is 17.3 Å². The highest BCUT2D eigenvalue weighted by Crippen LogP contribution is 2.18. The molecule has 0 aromatic heterocycles. The predicted molar refractivity (Wildman–Crippen MR) is 61.1 cm³/mol. The van der Waals surface area contributed by atoms with E-state index in [0.29, 0.717) is 6.67 Å². The van der Waals surface area contributed by atoms with E-state index < -0.39 is 0 Å². The van der Waals surface area contributed by atoms with Gasteiger partial charge in [-0.05, 0) is 31.8 Å². The number of carbonyl (C=O) groups excluding carboxylic acids is 1. The molecule has 1 saturated carbocycles. The maximum absolute atomic E-state index is 11.8. The fraction of sp³-hybridized carbons (Fsp3) is 0.636. The van der Waals surface area contributed by atoms with Gasteiger partial charge in [-0.25, -0.2) is 4.79 Å². The Morgan fingerprint density at radius 3 is 2.75 bits per heavy atom. The summed E-state index contributed by atoms with van der Waals surface area (Å²) < 4.78 is 0. The summed E-state index contributed by atoms with van der Waals surface area (Å²) in [6.45, 7) is 0.387. The van der Waals surface area contributed by atoms with Crippen LogP contribution in [0.1, 0.15) is 25.7 Å². The molecule has 0 saturated heterocycles. The van der Waals surface area contributed by atoms with Crippen LogP contribution in [0.2, 0.25) is 0 Å². The zero-order valence-electron chi connectivity index (χ0n) is 9.17. The molecule has 2 rings (SSSR count). The Morgan fingerprint density at radius 2 is 2.12 bits per heavy atom. The molecule has 88 valence electrons. The first-order chi connectivity index (χ1) is 7.75. The molecule has 0 aromatic rings. The molecule has 5 nitrogen and oxygen atoms in total. The number of nitrogens with zero attached hydrogens (tertiary/aromatic N) is 2. The summed E-state index contributed by atoms with van der Waals surface area (Å²) in [5.74, 6) is 0.